The molecule has 0 bridgehead atoms. The highest BCUT2D eigenvalue weighted by molar-refractivity contribution is 6.00. The zero-order chi connectivity index (χ0) is 24.5. The van der Waals surface area contributed by atoms with Gasteiger partial charge < -0.3 is 19.5 Å². The van der Waals surface area contributed by atoms with E-state index in [1.165, 1.54) is 17.0 Å². The van der Waals surface area contributed by atoms with Crippen LogP contribution in [0, 0.1) is 10.1 Å². The Morgan fingerprint density at radius 2 is 1.62 bits per heavy atom. The topological polar surface area (TPSA) is 102 Å². The summed E-state index contributed by atoms with van der Waals surface area (Å²) in [6.45, 7) is 5.55. The lowest BCUT2D eigenvalue weighted by Crippen LogP contribution is -2.30. The molecular formula is C26H34N2O6. The number of nitro benzene ring substituents is 1. The number of nitro groups is 1. The number of rotatable bonds is 14. The van der Waals surface area contributed by atoms with Gasteiger partial charge in [0.1, 0.15) is 0 Å². The van der Waals surface area contributed by atoms with Crippen molar-refractivity contribution in [3.05, 3.63) is 63.2 Å². The number of nitrogens with zero attached hydrogens (tertiary/aromatic N) is 2. The molecule has 8 heteroatoms. The molecule has 184 valence electrons. The minimum absolute atomic E-state index is 0.0183. The molecule has 0 aliphatic carbocycles. The van der Waals surface area contributed by atoms with Gasteiger partial charge in [0.25, 0.3) is 11.6 Å². The summed E-state index contributed by atoms with van der Waals surface area (Å²) in [5, 5.41) is 22.0. The second-order valence-electron chi connectivity index (χ2n) is 8.51. The molecule has 0 spiro atoms. The number of ether oxygens (including phenoxy) is 2. The van der Waals surface area contributed by atoms with E-state index in [-0.39, 0.29) is 18.1 Å². The quantitative estimate of drug-likeness (QED) is 0.225. The highest BCUT2D eigenvalue weighted by Gasteiger charge is 2.39. The molecule has 1 amide bonds. The predicted octanol–water partition coefficient (Wildman–Crippen LogP) is 5.42. The summed E-state index contributed by atoms with van der Waals surface area (Å²) in [6.07, 6.45) is 5.37. The Morgan fingerprint density at radius 1 is 0.971 bits per heavy atom. The van der Waals surface area contributed by atoms with Crippen molar-refractivity contribution in [1.29, 1.82) is 0 Å². The van der Waals surface area contributed by atoms with Gasteiger partial charge in [-0.3, -0.25) is 14.9 Å². The van der Waals surface area contributed by atoms with E-state index in [9.17, 15) is 20.0 Å². The Balaban J connectivity index is 1.77. The third-order valence-corrected chi connectivity index (χ3v) is 5.99. The molecule has 1 unspecified atom stereocenters. The molecule has 0 saturated carbocycles. The predicted molar refractivity (Wildman–Crippen MR) is 129 cm³/mol. The zero-order valence-electron chi connectivity index (χ0n) is 20.0. The average Bonchev–Trinajstić information content (AvgIpc) is 3.08. The van der Waals surface area contributed by atoms with Crippen molar-refractivity contribution in [3.63, 3.8) is 0 Å². The normalized spacial score (nSPS) is 14.9. The van der Waals surface area contributed by atoms with Gasteiger partial charge in [-0.2, -0.15) is 0 Å². The molecule has 1 atom stereocenters. The van der Waals surface area contributed by atoms with Crippen LogP contribution in [0.3, 0.4) is 0 Å². The second-order valence-corrected chi connectivity index (χ2v) is 8.51. The van der Waals surface area contributed by atoms with Crippen LogP contribution in [-0.4, -0.2) is 40.6 Å². The number of benzene rings is 2. The van der Waals surface area contributed by atoms with Crippen LogP contribution in [0.2, 0.25) is 0 Å². The fourth-order valence-electron chi connectivity index (χ4n) is 4.02. The van der Waals surface area contributed by atoms with Crippen LogP contribution in [0.15, 0.2) is 36.4 Å². The highest BCUT2D eigenvalue weighted by atomic mass is 16.6. The third kappa shape index (κ3) is 6.05. The molecule has 0 saturated heterocycles. The number of aliphatic hydroxyl groups is 1. The minimum Gasteiger partial charge on any atom is -0.490 e. The molecular weight excluding hydrogens is 436 g/mol. The monoisotopic (exact) mass is 470 g/mol. The second kappa shape index (κ2) is 12.4. The molecule has 3 rings (SSSR count). The van der Waals surface area contributed by atoms with Crippen LogP contribution in [0.5, 0.6) is 11.5 Å². The van der Waals surface area contributed by atoms with Crippen LogP contribution >= 0.6 is 0 Å². The lowest BCUT2D eigenvalue weighted by molar-refractivity contribution is -0.384. The molecule has 1 heterocycles. The number of aliphatic hydroxyl groups excluding tert-OH is 1. The molecule has 1 N–H and O–H groups in total. The first kappa shape index (κ1) is 25.5. The van der Waals surface area contributed by atoms with Crippen molar-refractivity contribution in [3.8, 4) is 11.5 Å². The summed E-state index contributed by atoms with van der Waals surface area (Å²) < 4.78 is 12.1. The highest BCUT2D eigenvalue weighted by Crippen LogP contribution is 2.44. The molecule has 1 aliphatic rings. The van der Waals surface area contributed by atoms with Crippen molar-refractivity contribution in [2.45, 2.75) is 65.0 Å². The standard InChI is InChI=1S/C26H34N2O6/c1-3-5-7-17-33-22-14-13-21-23(24(22)34-18-8-6-4-2)26(30)27(25(21)29)16-15-19-9-11-20(12-10-19)28(31)32/h9-14,26,30H,3-8,15-18H2,1-2H3. The average molecular weight is 471 g/mol. The molecule has 2 aromatic carbocycles. The first-order valence-electron chi connectivity index (χ1n) is 12.1. The van der Waals surface area contributed by atoms with E-state index in [0.717, 1.165) is 44.1 Å². The van der Waals surface area contributed by atoms with E-state index in [4.69, 9.17) is 9.47 Å². The number of carbonyl (C=O) groups is 1. The number of carbonyl (C=O) groups excluding carboxylic acids is 1. The summed E-state index contributed by atoms with van der Waals surface area (Å²) in [5.74, 6) is 0.736. The van der Waals surface area contributed by atoms with Gasteiger partial charge in [-0.05, 0) is 37.0 Å². The Bertz CT molecular complexity index is 976. The Morgan fingerprint density at radius 3 is 2.24 bits per heavy atom. The number of hydrogen-bond donors (Lipinski definition) is 1. The van der Waals surface area contributed by atoms with Gasteiger partial charge in [-0.1, -0.05) is 51.7 Å². The van der Waals surface area contributed by atoms with Gasteiger partial charge in [0, 0.05) is 18.7 Å². The van der Waals surface area contributed by atoms with E-state index < -0.39 is 11.2 Å². The van der Waals surface area contributed by atoms with Gasteiger partial charge in [0.15, 0.2) is 17.7 Å². The maximum absolute atomic E-state index is 13.1. The summed E-state index contributed by atoms with van der Waals surface area (Å²) in [7, 11) is 0. The van der Waals surface area contributed by atoms with Crippen molar-refractivity contribution >= 4 is 11.6 Å². The Labute approximate surface area is 200 Å². The molecule has 0 aromatic heterocycles. The molecule has 2 aromatic rings. The van der Waals surface area contributed by atoms with Gasteiger partial charge >= 0.3 is 0 Å². The van der Waals surface area contributed by atoms with E-state index in [2.05, 4.69) is 13.8 Å². The summed E-state index contributed by atoms with van der Waals surface area (Å²) >= 11 is 0. The summed E-state index contributed by atoms with van der Waals surface area (Å²) in [4.78, 5) is 24.9. The van der Waals surface area contributed by atoms with Gasteiger partial charge in [0.05, 0.1) is 29.3 Å². The van der Waals surface area contributed by atoms with Crippen LogP contribution < -0.4 is 9.47 Å². The first-order chi connectivity index (χ1) is 16.5. The number of amides is 1. The zero-order valence-corrected chi connectivity index (χ0v) is 20.0. The molecule has 8 nitrogen and oxygen atoms in total. The van der Waals surface area contributed by atoms with E-state index in [1.807, 2.05) is 0 Å². The van der Waals surface area contributed by atoms with Gasteiger partial charge in [0.2, 0.25) is 0 Å². The lowest BCUT2D eigenvalue weighted by Gasteiger charge is -2.22. The van der Waals surface area contributed by atoms with Crippen LogP contribution in [-0.2, 0) is 6.42 Å². The molecule has 0 radical (unpaired) electrons. The largest absolute Gasteiger partial charge is 0.490 e. The maximum Gasteiger partial charge on any atom is 0.269 e. The lowest BCUT2D eigenvalue weighted by atomic mass is 10.1. The molecule has 34 heavy (non-hydrogen) atoms. The fraction of sp³-hybridized carbons (Fsp3) is 0.500. The van der Waals surface area contributed by atoms with E-state index in [1.54, 1.807) is 24.3 Å². The van der Waals surface area contributed by atoms with Crippen molar-refractivity contribution in [1.82, 2.24) is 4.90 Å². The first-order valence-corrected chi connectivity index (χ1v) is 12.1. The number of unbranched alkanes of at least 4 members (excludes halogenated alkanes) is 4. The van der Waals surface area contributed by atoms with Crippen LogP contribution in [0.25, 0.3) is 0 Å². The summed E-state index contributed by atoms with van der Waals surface area (Å²) in [5.41, 5.74) is 1.74. The van der Waals surface area contributed by atoms with Crippen molar-refractivity contribution < 1.29 is 24.3 Å². The number of fused-ring (bicyclic) bond motifs is 1. The third-order valence-electron chi connectivity index (χ3n) is 5.99. The summed E-state index contributed by atoms with van der Waals surface area (Å²) in [6, 6.07) is 9.67. The van der Waals surface area contributed by atoms with Gasteiger partial charge in [-0.25, -0.2) is 0 Å². The Kier molecular flexibility index (Phi) is 9.27. The van der Waals surface area contributed by atoms with Crippen LogP contribution in [0.1, 0.15) is 80.1 Å². The van der Waals surface area contributed by atoms with Crippen LogP contribution in [0.4, 0.5) is 5.69 Å². The van der Waals surface area contributed by atoms with Gasteiger partial charge in [-0.15, -0.1) is 0 Å². The van der Waals surface area contributed by atoms with E-state index in [0.29, 0.717) is 42.3 Å². The SMILES string of the molecule is CCCCCOc1ccc2c(c1OCCCCC)C(O)N(CCc1ccc([N+](=O)[O-])cc1)C2=O. The molecule has 0 fully saturated rings. The smallest absolute Gasteiger partial charge is 0.269 e. The van der Waals surface area contributed by atoms with Crippen molar-refractivity contribution in [2.24, 2.45) is 0 Å². The fourth-order valence-corrected chi connectivity index (χ4v) is 4.02. The van der Waals surface area contributed by atoms with Crippen molar-refractivity contribution in [2.75, 3.05) is 19.8 Å². The Hall–Kier alpha value is -3.13. The maximum atomic E-state index is 13.1. The van der Waals surface area contributed by atoms with E-state index >= 15 is 0 Å². The minimum atomic E-state index is -1.14. The molecule has 1 aliphatic heterocycles. The number of non-ortho nitro benzene ring substituents is 1. The number of hydrogen-bond acceptors (Lipinski definition) is 6.